The van der Waals surface area contributed by atoms with Gasteiger partial charge in [0.1, 0.15) is 18.1 Å². The van der Waals surface area contributed by atoms with Crippen LogP contribution in [0.5, 0.6) is 11.5 Å². The van der Waals surface area contributed by atoms with Crippen molar-refractivity contribution < 1.29 is 9.47 Å². The lowest BCUT2D eigenvalue weighted by Crippen LogP contribution is -2.14. The predicted octanol–water partition coefficient (Wildman–Crippen LogP) is 6.37. The molecule has 0 saturated carbocycles. The molecule has 0 atom stereocenters. The highest BCUT2D eigenvalue weighted by Crippen LogP contribution is 2.29. The van der Waals surface area contributed by atoms with Crippen molar-refractivity contribution in [1.29, 1.82) is 0 Å². The molecule has 4 aromatic carbocycles. The summed E-state index contributed by atoms with van der Waals surface area (Å²) in [5.41, 5.74) is 3.32. The molecule has 4 rings (SSSR count). The quantitative estimate of drug-likeness (QED) is 0.361. The molecule has 0 amide bonds. The predicted molar refractivity (Wildman–Crippen MR) is 123 cm³/mol. The number of hydrogen-bond acceptors (Lipinski definition) is 3. The molecule has 0 spiro atoms. The van der Waals surface area contributed by atoms with E-state index in [1.807, 2.05) is 48.5 Å². The summed E-state index contributed by atoms with van der Waals surface area (Å²) in [4.78, 5) is 0. The molecule has 0 aliphatic carbocycles. The van der Waals surface area contributed by atoms with E-state index in [2.05, 4.69) is 41.7 Å². The van der Waals surface area contributed by atoms with Gasteiger partial charge in [-0.3, -0.25) is 0 Å². The number of hydrogen-bond donors (Lipinski definition) is 1. The summed E-state index contributed by atoms with van der Waals surface area (Å²) in [6, 6.07) is 28.4. The molecule has 4 aromatic rings. The lowest BCUT2D eigenvalue weighted by atomic mass is 10.0. The van der Waals surface area contributed by atoms with Crippen LogP contribution in [0.1, 0.15) is 16.7 Å². The summed E-state index contributed by atoms with van der Waals surface area (Å²) in [7, 11) is 1.70. The van der Waals surface area contributed by atoms with Crippen molar-refractivity contribution in [3.63, 3.8) is 0 Å². The number of para-hydroxylation sites is 1. The van der Waals surface area contributed by atoms with Gasteiger partial charge in [0.15, 0.2) is 0 Å². The minimum absolute atomic E-state index is 0.471. The molecule has 0 unspecified atom stereocenters. The third kappa shape index (κ3) is 4.76. The fourth-order valence-electron chi connectivity index (χ4n) is 3.59. The lowest BCUT2D eigenvalue weighted by molar-refractivity contribution is 0.302. The Balaban J connectivity index is 1.55. The van der Waals surface area contributed by atoms with Crippen LogP contribution in [-0.2, 0) is 19.7 Å². The molecule has 4 heteroatoms. The number of fused-ring (bicyclic) bond motifs is 1. The van der Waals surface area contributed by atoms with Crippen molar-refractivity contribution in [3.05, 3.63) is 107 Å². The Bertz CT molecular complexity index is 1140. The van der Waals surface area contributed by atoms with Crippen LogP contribution in [0.3, 0.4) is 0 Å². The maximum atomic E-state index is 6.21. The van der Waals surface area contributed by atoms with Gasteiger partial charge >= 0.3 is 0 Å². The van der Waals surface area contributed by atoms with Crippen LogP contribution in [0.4, 0.5) is 0 Å². The Morgan fingerprint density at radius 1 is 0.800 bits per heavy atom. The fraction of sp³-hybridized carbons (Fsp3) is 0.154. The minimum atomic E-state index is 0.471. The highest BCUT2D eigenvalue weighted by atomic mass is 35.5. The van der Waals surface area contributed by atoms with E-state index in [0.29, 0.717) is 24.7 Å². The molecule has 0 saturated heterocycles. The molecule has 0 aromatic heterocycles. The number of methoxy groups -OCH3 is 1. The molecule has 0 heterocycles. The van der Waals surface area contributed by atoms with Crippen LogP contribution in [0.15, 0.2) is 84.9 Å². The Kier molecular flexibility index (Phi) is 6.53. The molecular weight excluding hydrogens is 394 g/mol. The molecule has 0 aliphatic rings. The first kappa shape index (κ1) is 20.3. The van der Waals surface area contributed by atoms with E-state index in [0.717, 1.165) is 28.2 Å². The standard InChI is InChI=1S/C26H24ClNO2/c1-29-25-12-5-3-9-21(25)16-28-17-24-23-11-4-2-8-20(23)13-14-26(24)30-18-19-7-6-10-22(27)15-19/h2-15,28H,16-18H2,1H3. The molecule has 30 heavy (non-hydrogen) atoms. The topological polar surface area (TPSA) is 30.5 Å². The number of ether oxygens (including phenoxy) is 2. The van der Waals surface area contributed by atoms with Gasteiger partial charge in [-0.2, -0.15) is 0 Å². The average Bonchev–Trinajstić information content (AvgIpc) is 2.78. The summed E-state index contributed by atoms with van der Waals surface area (Å²) in [5, 5.41) is 6.65. The molecule has 0 fully saturated rings. The molecule has 0 bridgehead atoms. The van der Waals surface area contributed by atoms with Crippen LogP contribution in [0.2, 0.25) is 5.02 Å². The van der Waals surface area contributed by atoms with E-state index < -0.39 is 0 Å². The molecule has 0 aliphatic heterocycles. The summed E-state index contributed by atoms with van der Waals surface area (Å²) in [6.45, 7) is 1.86. The monoisotopic (exact) mass is 417 g/mol. The van der Waals surface area contributed by atoms with Gasteiger partial charge in [0.2, 0.25) is 0 Å². The zero-order valence-electron chi connectivity index (χ0n) is 16.9. The van der Waals surface area contributed by atoms with Crippen molar-refractivity contribution in [2.24, 2.45) is 0 Å². The highest BCUT2D eigenvalue weighted by molar-refractivity contribution is 6.30. The summed E-state index contributed by atoms with van der Waals surface area (Å²) < 4.78 is 11.7. The normalized spacial score (nSPS) is 10.9. The number of benzene rings is 4. The van der Waals surface area contributed by atoms with Gasteiger partial charge in [-0.15, -0.1) is 0 Å². The molecule has 1 N–H and O–H groups in total. The molecule has 152 valence electrons. The first-order chi connectivity index (χ1) is 14.7. The van der Waals surface area contributed by atoms with Crippen molar-refractivity contribution >= 4 is 22.4 Å². The molecule has 3 nitrogen and oxygen atoms in total. The SMILES string of the molecule is COc1ccccc1CNCc1c(OCc2cccc(Cl)c2)ccc2ccccc12. The first-order valence-electron chi connectivity index (χ1n) is 9.95. The molecule has 0 radical (unpaired) electrons. The van der Waals surface area contributed by atoms with Gasteiger partial charge in [-0.1, -0.05) is 72.3 Å². The van der Waals surface area contributed by atoms with Crippen molar-refractivity contribution in [2.75, 3.05) is 7.11 Å². The largest absolute Gasteiger partial charge is 0.496 e. The van der Waals surface area contributed by atoms with Gasteiger partial charge in [-0.05, 0) is 40.6 Å². The van der Waals surface area contributed by atoms with E-state index in [-0.39, 0.29) is 0 Å². The average molecular weight is 418 g/mol. The number of nitrogens with one attached hydrogen (secondary N) is 1. The van der Waals surface area contributed by atoms with Crippen LogP contribution >= 0.6 is 11.6 Å². The number of halogens is 1. The number of rotatable bonds is 8. The molecular formula is C26H24ClNO2. The zero-order valence-corrected chi connectivity index (χ0v) is 17.7. The van der Waals surface area contributed by atoms with Gasteiger partial charge in [0.05, 0.1) is 7.11 Å². The van der Waals surface area contributed by atoms with Crippen LogP contribution < -0.4 is 14.8 Å². The van der Waals surface area contributed by atoms with Crippen LogP contribution in [-0.4, -0.2) is 7.11 Å². The van der Waals surface area contributed by atoms with Crippen molar-refractivity contribution in [2.45, 2.75) is 19.7 Å². The van der Waals surface area contributed by atoms with E-state index in [1.54, 1.807) is 7.11 Å². The first-order valence-corrected chi connectivity index (χ1v) is 10.3. The van der Waals surface area contributed by atoms with Crippen molar-refractivity contribution in [3.8, 4) is 11.5 Å². The summed E-state index contributed by atoms with van der Waals surface area (Å²) >= 11 is 6.11. The van der Waals surface area contributed by atoms with Gasteiger partial charge in [0, 0.05) is 29.2 Å². The smallest absolute Gasteiger partial charge is 0.124 e. The Labute approximate surface area is 182 Å². The van der Waals surface area contributed by atoms with E-state index in [1.165, 1.54) is 10.8 Å². The highest BCUT2D eigenvalue weighted by Gasteiger charge is 2.10. The second kappa shape index (κ2) is 9.66. The van der Waals surface area contributed by atoms with Crippen LogP contribution in [0.25, 0.3) is 10.8 Å². The Morgan fingerprint density at radius 3 is 2.50 bits per heavy atom. The maximum absolute atomic E-state index is 6.21. The van der Waals surface area contributed by atoms with Crippen molar-refractivity contribution in [1.82, 2.24) is 5.32 Å². The second-order valence-corrected chi connectivity index (χ2v) is 7.53. The lowest BCUT2D eigenvalue weighted by Gasteiger charge is -2.16. The van der Waals surface area contributed by atoms with E-state index >= 15 is 0 Å². The van der Waals surface area contributed by atoms with Gasteiger partial charge in [-0.25, -0.2) is 0 Å². The second-order valence-electron chi connectivity index (χ2n) is 7.10. The Morgan fingerprint density at radius 2 is 1.63 bits per heavy atom. The third-order valence-electron chi connectivity index (χ3n) is 5.09. The van der Waals surface area contributed by atoms with Gasteiger partial charge < -0.3 is 14.8 Å². The van der Waals surface area contributed by atoms with Gasteiger partial charge in [0.25, 0.3) is 0 Å². The summed E-state index contributed by atoms with van der Waals surface area (Å²) in [5.74, 6) is 1.77. The Hall–Kier alpha value is -3.01. The van der Waals surface area contributed by atoms with Crippen LogP contribution in [0, 0.1) is 0 Å². The third-order valence-corrected chi connectivity index (χ3v) is 5.33. The minimum Gasteiger partial charge on any atom is -0.496 e. The van der Waals surface area contributed by atoms with E-state index in [9.17, 15) is 0 Å². The fourth-order valence-corrected chi connectivity index (χ4v) is 3.81. The summed E-state index contributed by atoms with van der Waals surface area (Å²) in [6.07, 6.45) is 0. The van der Waals surface area contributed by atoms with E-state index in [4.69, 9.17) is 21.1 Å². The maximum Gasteiger partial charge on any atom is 0.124 e. The zero-order chi connectivity index (χ0) is 20.8.